The first-order chi connectivity index (χ1) is 9.46. The van der Waals surface area contributed by atoms with E-state index in [0.717, 1.165) is 39.3 Å². The molecule has 0 aromatic carbocycles. The Morgan fingerprint density at radius 2 is 2.10 bits per heavy atom. The summed E-state index contributed by atoms with van der Waals surface area (Å²) in [6.45, 7) is 13.6. The number of piperidine rings is 1. The van der Waals surface area contributed by atoms with Crippen molar-refractivity contribution >= 4 is 0 Å². The molecular weight excluding hydrogens is 252 g/mol. The van der Waals surface area contributed by atoms with Crippen molar-refractivity contribution in [3.8, 4) is 0 Å². The van der Waals surface area contributed by atoms with Crippen LogP contribution in [0.2, 0.25) is 0 Å². The molecule has 20 heavy (non-hydrogen) atoms. The van der Waals surface area contributed by atoms with Crippen LogP contribution in [0.5, 0.6) is 0 Å². The van der Waals surface area contributed by atoms with Gasteiger partial charge in [0.25, 0.3) is 0 Å². The van der Waals surface area contributed by atoms with Crippen LogP contribution in [0, 0.1) is 0 Å². The number of nitrogens with one attached hydrogen (secondary N) is 1. The first-order valence-corrected chi connectivity index (χ1v) is 8.06. The van der Waals surface area contributed by atoms with Gasteiger partial charge in [0.1, 0.15) is 0 Å². The number of ether oxygens (including phenoxy) is 2. The van der Waals surface area contributed by atoms with Crippen molar-refractivity contribution in [2.75, 3.05) is 40.0 Å². The van der Waals surface area contributed by atoms with E-state index in [1.807, 2.05) is 0 Å². The molecule has 1 rings (SSSR count). The topological polar surface area (TPSA) is 33.7 Å². The highest BCUT2D eigenvalue weighted by atomic mass is 16.5. The zero-order chi connectivity index (χ0) is 15.0. The second-order valence-electron chi connectivity index (χ2n) is 6.87. The molecule has 4 heteroatoms. The molecule has 0 saturated carbocycles. The highest BCUT2D eigenvalue weighted by Crippen LogP contribution is 2.16. The van der Waals surface area contributed by atoms with E-state index in [9.17, 15) is 0 Å². The van der Waals surface area contributed by atoms with E-state index < -0.39 is 0 Å². The Bertz CT molecular complexity index is 253. The molecule has 1 aliphatic heterocycles. The smallest absolute Gasteiger partial charge is 0.0702 e. The predicted octanol–water partition coefficient (Wildman–Crippen LogP) is 2.28. The Morgan fingerprint density at radius 1 is 1.35 bits per heavy atom. The summed E-state index contributed by atoms with van der Waals surface area (Å²) in [4.78, 5) is 2.53. The van der Waals surface area contributed by atoms with E-state index in [1.165, 1.54) is 12.8 Å². The SMILES string of the molecule is CCCOC1CCCN(C(CNC(C)(C)C)COC)C1. The number of methoxy groups -OCH3 is 1. The number of hydrogen-bond donors (Lipinski definition) is 1. The van der Waals surface area contributed by atoms with Gasteiger partial charge in [-0.1, -0.05) is 6.92 Å². The van der Waals surface area contributed by atoms with Crippen LogP contribution < -0.4 is 5.32 Å². The average Bonchev–Trinajstić information content (AvgIpc) is 2.40. The lowest BCUT2D eigenvalue weighted by Crippen LogP contribution is -2.53. The van der Waals surface area contributed by atoms with Gasteiger partial charge in [0.2, 0.25) is 0 Å². The van der Waals surface area contributed by atoms with Gasteiger partial charge >= 0.3 is 0 Å². The predicted molar refractivity (Wildman–Crippen MR) is 84.3 cm³/mol. The highest BCUT2D eigenvalue weighted by molar-refractivity contribution is 4.83. The molecular formula is C16H34N2O2. The standard InChI is InChI=1S/C16H34N2O2/c1-6-10-20-15-8-7-9-18(12-15)14(13-19-5)11-17-16(2,3)4/h14-15,17H,6-13H2,1-5H3. The fourth-order valence-electron chi connectivity index (χ4n) is 2.63. The summed E-state index contributed by atoms with van der Waals surface area (Å²) in [6, 6.07) is 0.437. The van der Waals surface area contributed by atoms with Crippen LogP contribution in [-0.2, 0) is 9.47 Å². The third-order valence-corrected chi connectivity index (χ3v) is 3.71. The maximum atomic E-state index is 5.93. The van der Waals surface area contributed by atoms with E-state index >= 15 is 0 Å². The van der Waals surface area contributed by atoms with Crippen LogP contribution in [0.4, 0.5) is 0 Å². The van der Waals surface area contributed by atoms with Crippen molar-refractivity contribution in [3.05, 3.63) is 0 Å². The minimum absolute atomic E-state index is 0.153. The summed E-state index contributed by atoms with van der Waals surface area (Å²) >= 11 is 0. The van der Waals surface area contributed by atoms with Gasteiger partial charge in [0.05, 0.1) is 12.7 Å². The van der Waals surface area contributed by atoms with Crippen molar-refractivity contribution in [2.24, 2.45) is 0 Å². The maximum Gasteiger partial charge on any atom is 0.0702 e. The van der Waals surface area contributed by atoms with Gasteiger partial charge in [0.15, 0.2) is 0 Å². The van der Waals surface area contributed by atoms with Gasteiger partial charge in [-0.25, -0.2) is 0 Å². The van der Waals surface area contributed by atoms with Gasteiger partial charge in [-0.3, -0.25) is 4.90 Å². The summed E-state index contributed by atoms with van der Waals surface area (Å²) in [7, 11) is 1.79. The van der Waals surface area contributed by atoms with E-state index in [0.29, 0.717) is 12.1 Å². The minimum Gasteiger partial charge on any atom is -0.383 e. The molecule has 4 nitrogen and oxygen atoms in total. The van der Waals surface area contributed by atoms with Crippen molar-refractivity contribution in [3.63, 3.8) is 0 Å². The fourth-order valence-corrected chi connectivity index (χ4v) is 2.63. The third kappa shape index (κ3) is 7.02. The Balaban J connectivity index is 2.47. The zero-order valence-electron chi connectivity index (χ0n) is 14.1. The Morgan fingerprint density at radius 3 is 2.70 bits per heavy atom. The number of likely N-dealkylation sites (tertiary alicyclic amines) is 1. The molecule has 1 aliphatic rings. The molecule has 0 aromatic heterocycles. The molecule has 0 aromatic rings. The highest BCUT2D eigenvalue weighted by Gasteiger charge is 2.27. The van der Waals surface area contributed by atoms with Crippen LogP contribution in [0.3, 0.4) is 0 Å². The fraction of sp³-hybridized carbons (Fsp3) is 1.00. The monoisotopic (exact) mass is 286 g/mol. The third-order valence-electron chi connectivity index (χ3n) is 3.71. The minimum atomic E-state index is 0.153. The lowest BCUT2D eigenvalue weighted by Gasteiger charge is -2.39. The molecule has 1 saturated heterocycles. The second-order valence-corrected chi connectivity index (χ2v) is 6.87. The summed E-state index contributed by atoms with van der Waals surface area (Å²) in [5.74, 6) is 0. The van der Waals surface area contributed by atoms with Crippen LogP contribution >= 0.6 is 0 Å². The molecule has 2 unspecified atom stereocenters. The Kier molecular flexibility index (Phi) is 8.03. The molecule has 0 amide bonds. The average molecular weight is 286 g/mol. The lowest BCUT2D eigenvalue weighted by molar-refractivity contribution is -0.0241. The molecule has 0 spiro atoms. The number of nitrogens with zero attached hydrogens (tertiary/aromatic N) is 1. The summed E-state index contributed by atoms with van der Waals surface area (Å²) in [6.07, 6.45) is 3.93. The molecule has 0 aliphatic carbocycles. The van der Waals surface area contributed by atoms with Gasteiger partial charge in [0, 0.05) is 38.4 Å². The molecule has 0 bridgehead atoms. The van der Waals surface area contributed by atoms with Crippen LogP contribution in [0.1, 0.15) is 47.0 Å². The van der Waals surface area contributed by atoms with Gasteiger partial charge in [-0.05, 0) is 46.6 Å². The molecule has 1 heterocycles. The normalized spacial score (nSPS) is 22.9. The summed E-state index contributed by atoms with van der Waals surface area (Å²) in [5, 5.41) is 3.60. The Labute approximate surface area is 125 Å². The second kappa shape index (κ2) is 8.98. The van der Waals surface area contributed by atoms with Gasteiger partial charge in [-0.2, -0.15) is 0 Å². The largest absolute Gasteiger partial charge is 0.383 e. The summed E-state index contributed by atoms with van der Waals surface area (Å²) < 4.78 is 11.3. The van der Waals surface area contributed by atoms with Gasteiger partial charge in [-0.15, -0.1) is 0 Å². The van der Waals surface area contributed by atoms with Crippen molar-refractivity contribution in [1.82, 2.24) is 10.2 Å². The quantitative estimate of drug-likeness (QED) is 0.742. The van der Waals surface area contributed by atoms with Crippen molar-refractivity contribution in [2.45, 2.75) is 64.6 Å². The number of hydrogen-bond acceptors (Lipinski definition) is 4. The molecule has 1 N–H and O–H groups in total. The van der Waals surface area contributed by atoms with Crippen LogP contribution in [0.25, 0.3) is 0 Å². The van der Waals surface area contributed by atoms with E-state index in [-0.39, 0.29) is 5.54 Å². The van der Waals surface area contributed by atoms with Crippen molar-refractivity contribution in [1.29, 1.82) is 0 Å². The van der Waals surface area contributed by atoms with Crippen molar-refractivity contribution < 1.29 is 9.47 Å². The zero-order valence-corrected chi connectivity index (χ0v) is 14.1. The van der Waals surface area contributed by atoms with Crippen LogP contribution in [-0.4, -0.2) is 62.5 Å². The molecule has 1 fully saturated rings. The van der Waals surface area contributed by atoms with E-state index in [2.05, 4.69) is 37.9 Å². The van der Waals surface area contributed by atoms with E-state index in [4.69, 9.17) is 9.47 Å². The molecule has 0 radical (unpaired) electrons. The lowest BCUT2D eigenvalue weighted by atomic mass is 10.0. The molecule has 2 atom stereocenters. The maximum absolute atomic E-state index is 5.93. The first kappa shape index (κ1) is 17.9. The number of rotatable bonds is 8. The molecule has 120 valence electrons. The van der Waals surface area contributed by atoms with E-state index in [1.54, 1.807) is 7.11 Å². The van der Waals surface area contributed by atoms with Gasteiger partial charge < -0.3 is 14.8 Å². The summed E-state index contributed by atoms with van der Waals surface area (Å²) in [5.41, 5.74) is 0.153. The Hall–Kier alpha value is -0.160. The first-order valence-electron chi connectivity index (χ1n) is 8.06. The van der Waals surface area contributed by atoms with Crippen LogP contribution in [0.15, 0.2) is 0 Å².